The Bertz CT molecular complexity index is 695. The molecular formula is C21H27NO5. The Morgan fingerprint density at radius 3 is 2.52 bits per heavy atom. The molecule has 6 nitrogen and oxygen atoms in total. The first-order valence-electron chi connectivity index (χ1n) is 9.23. The molecule has 27 heavy (non-hydrogen) atoms. The van der Waals surface area contributed by atoms with Crippen molar-refractivity contribution in [1.82, 2.24) is 5.32 Å². The van der Waals surface area contributed by atoms with E-state index in [1.807, 2.05) is 0 Å². The first kappa shape index (κ1) is 20.7. The van der Waals surface area contributed by atoms with Gasteiger partial charge in [-0.15, -0.1) is 0 Å². The fraction of sp³-hybridized carbons (Fsp3) is 0.476. The minimum atomic E-state index is -0.591. The Balaban J connectivity index is 1.77. The van der Waals surface area contributed by atoms with Crippen molar-refractivity contribution < 1.29 is 23.9 Å². The second-order valence-electron chi connectivity index (χ2n) is 7.00. The third-order valence-corrected chi connectivity index (χ3v) is 5.14. The summed E-state index contributed by atoms with van der Waals surface area (Å²) >= 11 is 0. The average molecular weight is 373 g/mol. The molecule has 1 aromatic rings. The van der Waals surface area contributed by atoms with Crippen molar-refractivity contribution in [3.05, 3.63) is 41.5 Å². The normalized spacial score (nSPS) is 22.3. The summed E-state index contributed by atoms with van der Waals surface area (Å²) in [5.41, 5.74) is 1.16. The van der Waals surface area contributed by atoms with Gasteiger partial charge in [0, 0.05) is 12.1 Å². The van der Waals surface area contributed by atoms with Crippen LogP contribution in [0.1, 0.15) is 49.0 Å². The maximum Gasteiger partial charge on any atom is 0.337 e. The van der Waals surface area contributed by atoms with Gasteiger partial charge >= 0.3 is 11.9 Å². The Morgan fingerprint density at radius 1 is 1.15 bits per heavy atom. The number of carbonyl (C=O) groups excluding carboxylic acids is 3. The third kappa shape index (κ3) is 6.24. The van der Waals surface area contributed by atoms with Crippen LogP contribution in [0.4, 0.5) is 0 Å². The molecule has 1 saturated carbocycles. The molecule has 1 fully saturated rings. The number of carbonyl (C=O) groups is 3. The van der Waals surface area contributed by atoms with Gasteiger partial charge in [0.1, 0.15) is 0 Å². The summed E-state index contributed by atoms with van der Waals surface area (Å²) in [6.07, 6.45) is 6.08. The monoisotopic (exact) mass is 373 g/mol. The molecule has 1 aromatic carbocycles. The van der Waals surface area contributed by atoms with Gasteiger partial charge in [0.05, 0.1) is 12.7 Å². The topological polar surface area (TPSA) is 81.7 Å². The van der Waals surface area contributed by atoms with Crippen molar-refractivity contribution in [2.24, 2.45) is 11.8 Å². The van der Waals surface area contributed by atoms with E-state index in [1.165, 1.54) is 19.6 Å². The number of nitrogens with one attached hydrogen (secondary N) is 1. The van der Waals surface area contributed by atoms with Gasteiger partial charge in [-0.25, -0.2) is 9.59 Å². The average Bonchev–Trinajstić information content (AvgIpc) is 2.68. The predicted molar refractivity (Wildman–Crippen MR) is 102 cm³/mol. The Labute approximate surface area is 159 Å². The maximum absolute atomic E-state index is 12.0. The Hall–Kier alpha value is -2.63. The van der Waals surface area contributed by atoms with E-state index in [4.69, 9.17) is 4.74 Å². The van der Waals surface area contributed by atoms with E-state index in [-0.39, 0.29) is 18.6 Å². The smallest absolute Gasteiger partial charge is 0.337 e. The Kier molecular flexibility index (Phi) is 7.58. The molecule has 0 bridgehead atoms. The van der Waals surface area contributed by atoms with Gasteiger partial charge < -0.3 is 14.8 Å². The summed E-state index contributed by atoms with van der Waals surface area (Å²) < 4.78 is 9.62. The minimum Gasteiger partial charge on any atom is -0.465 e. The quantitative estimate of drug-likeness (QED) is 0.612. The molecular weight excluding hydrogens is 346 g/mol. The zero-order valence-corrected chi connectivity index (χ0v) is 16.1. The van der Waals surface area contributed by atoms with Crippen LogP contribution in [0.3, 0.4) is 0 Å². The van der Waals surface area contributed by atoms with Crippen LogP contribution in [0.15, 0.2) is 30.3 Å². The van der Waals surface area contributed by atoms with Gasteiger partial charge in [-0.2, -0.15) is 0 Å². The van der Waals surface area contributed by atoms with Crippen LogP contribution in [-0.2, 0) is 19.1 Å². The number of hydrogen-bond donors (Lipinski definition) is 1. The fourth-order valence-corrected chi connectivity index (χ4v) is 3.23. The van der Waals surface area contributed by atoms with Crippen molar-refractivity contribution >= 4 is 23.9 Å². The molecule has 0 radical (unpaired) electrons. The predicted octanol–water partition coefficient (Wildman–Crippen LogP) is 2.97. The van der Waals surface area contributed by atoms with Crippen molar-refractivity contribution in [3.8, 4) is 0 Å². The minimum absolute atomic E-state index is 0.142. The van der Waals surface area contributed by atoms with Gasteiger partial charge in [0.25, 0.3) is 5.91 Å². The zero-order chi connectivity index (χ0) is 19.8. The second-order valence-corrected chi connectivity index (χ2v) is 7.00. The summed E-state index contributed by atoms with van der Waals surface area (Å²) in [5.74, 6) is -0.277. The van der Waals surface area contributed by atoms with Crippen LogP contribution >= 0.6 is 0 Å². The summed E-state index contributed by atoms with van der Waals surface area (Å²) in [7, 11) is 1.32. The van der Waals surface area contributed by atoms with E-state index < -0.39 is 11.9 Å². The SMILES string of the molecule is COC(=O)c1ccc(/C=C/C(=O)OCC(=O)N[C@H]2CCC[C@@H](C)[C@@H]2C)cc1. The highest BCUT2D eigenvalue weighted by Crippen LogP contribution is 2.29. The lowest BCUT2D eigenvalue weighted by molar-refractivity contribution is -0.144. The zero-order valence-electron chi connectivity index (χ0n) is 16.1. The van der Waals surface area contributed by atoms with Gasteiger partial charge in [-0.05, 0) is 42.0 Å². The number of hydrogen-bond acceptors (Lipinski definition) is 5. The molecule has 1 aliphatic rings. The third-order valence-electron chi connectivity index (χ3n) is 5.14. The molecule has 3 atom stereocenters. The number of ether oxygens (including phenoxy) is 2. The van der Waals surface area contributed by atoms with Crippen LogP contribution < -0.4 is 5.32 Å². The van der Waals surface area contributed by atoms with Crippen molar-refractivity contribution in [2.45, 2.75) is 39.2 Å². The molecule has 0 aromatic heterocycles. The maximum atomic E-state index is 12.0. The van der Waals surface area contributed by atoms with Crippen molar-refractivity contribution in [3.63, 3.8) is 0 Å². The van der Waals surface area contributed by atoms with Gasteiger partial charge in [-0.3, -0.25) is 4.79 Å². The molecule has 0 aliphatic heterocycles. The van der Waals surface area contributed by atoms with Crippen molar-refractivity contribution in [2.75, 3.05) is 13.7 Å². The molecule has 1 aliphatic carbocycles. The molecule has 2 rings (SSSR count). The van der Waals surface area contributed by atoms with Crippen molar-refractivity contribution in [1.29, 1.82) is 0 Å². The van der Waals surface area contributed by atoms with Gasteiger partial charge in [0.15, 0.2) is 6.61 Å². The standard InChI is InChI=1S/C21H27NO5/c1-14-5-4-6-18(15(14)2)22-19(23)13-27-20(24)12-9-16-7-10-17(11-8-16)21(25)26-3/h7-12,14-15,18H,4-6,13H2,1-3H3,(H,22,23)/b12-9+/t14-,15+,18+/m1/s1. The van der Waals surface area contributed by atoms with Gasteiger partial charge in [0.2, 0.25) is 0 Å². The highest BCUT2D eigenvalue weighted by molar-refractivity contribution is 5.91. The number of methoxy groups -OCH3 is 1. The second kappa shape index (κ2) is 9.90. The van der Waals surface area contributed by atoms with Crippen LogP contribution in [-0.4, -0.2) is 37.6 Å². The summed E-state index contributed by atoms with van der Waals surface area (Å²) in [6.45, 7) is 4.06. The lowest BCUT2D eigenvalue weighted by Gasteiger charge is -2.34. The first-order chi connectivity index (χ1) is 12.9. The van der Waals surface area contributed by atoms with Crippen LogP contribution in [0.5, 0.6) is 0 Å². The molecule has 0 unspecified atom stereocenters. The Morgan fingerprint density at radius 2 is 1.85 bits per heavy atom. The van der Waals surface area contributed by atoms with E-state index in [0.29, 0.717) is 17.4 Å². The molecule has 0 saturated heterocycles. The molecule has 1 amide bonds. The molecule has 6 heteroatoms. The lowest BCUT2D eigenvalue weighted by atomic mass is 9.78. The number of amides is 1. The highest BCUT2D eigenvalue weighted by atomic mass is 16.5. The van der Waals surface area contributed by atoms with Crippen LogP contribution in [0, 0.1) is 11.8 Å². The van der Waals surface area contributed by atoms with E-state index in [9.17, 15) is 14.4 Å². The first-order valence-corrected chi connectivity index (χ1v) is 9.23. The van der Waals surface area contributed by atoms with E-state index in [2.05, 4.69) is 23.9 Å². The van der Waals surface area contributed by atoms with E-state index >= 15 is 0 Å². The molecule has 1 N–H and O–H groups in total. The fourth-order valence-electron chi connectivity index (χ4n) is 3.23. The van der Waals surface area contributed by atoms with E-state index in [0.717, 1.165) is 18.4 Å². The number of rotatable bonds is 6. The largest absolute Gasteiger partial charge is 0.465 e. The lowest BCUT2D eigenvalue weighted by Crippen LogP contribution is -2.45. The summed E-state index contributed by atoms with van der Waals surface area (Å²) in [4.78, 5) is 35.2. The molecule has 0 heterocycles. The summed E-state index contributed by atoms with van der Waals surface area (Å²) in [6, 6.07) is 6.74. The molecule has 0 spiro atoms. The highest BCUT2D eigenvalue weighted by Gasteiger charge is 2.28. The van der Waals surface area contributed by atoms with Crippen LogP contribution in [0.2, 0.25) is 0 Å². The molecule has 146 valence electrons. The van der Waals surface area contributed by atoms with E-state index in [1.54, 1.807) is 30.3 Å². The summed E-state index contributed by atoms with van der Waals surface area (Å²) in [5, 5.41) is 2.97. The van der Waals surface area contributed by atoms with Gasteiger partial charge in [-0.1, -0.05) is 38.8 Å². The number of benzene rings is 1. The number of esters is 2. The van der Waals surface area contributed by atoms with Crippen LogP contribution in [0.25, 0.3) is 6.08 Å².